The largest absolute Gasteiger partial charge is 0.621 e. The molecule has 0 saturated carbocycles. The van der Waals surface area contributed by atoms with Crippen molar-refractivity contribution >= 4 is 42.8 Å². The number of pyridine rings is 1. The Bertz CT molecular complexity index is 1900. The van der Waals surface area contributed by atoms with Gasteiger partial charge < -0.3 is 34.7 Å². The van der Waals surface area contributed by atoms with E-state index < -0.39 is 90.2 Å². The van der Waals surface area contributed by atoms with Crippen LogP contribution in [0.3, 0.4) is 0 Å². The summed E-state index contributed by atoms with van der Waals surface area (Å²) in [7, 11) is -2.27. The van der Waals surface area contributed by atoms with Gasteiger partial charge in [0.15, 0.2) is 11.9 Å². The molecule has 15 nitrogen and oxygen atoms in total. The molecule has 1 unspecified atom stereocenters. The van der Waals surface area contributed by atoms with Crippen molar-refractivity contribution < 1.29 is 65.5 Å². The number of likely N-dealkylation sites (N-methyl/N-ethyl adjacent to an activating group) is 1. The number of alkyl halides is 3. The number of para-hydroxylation sites is 1. The van der Waals surface area contributed by atoms with Crippen molar-refractivity contribution in [2.24, 2.45) is 0 Å². The molecule has 1 saturated heterocycles. The highest BCUT2D eigenvalue weighted by molar-refractivity contribution is 6.50. The SMILES string of the molecule is CCN1CCN(C(=O)NC(C(=O)N[C@H]2Cc3cccc(C(=O)O)c3OB2OC(=O)C(F)(F)F)c2ncc(OCc3ccccc3)cc2F)C(=O)C1=O. The Morgan fingerprint density at radius 3 is 2.46 bits per heavy atom. The van der Waals surface area contributed by atoms with Crippen LogP contribution in [0.5, 0.6) is 11.5 Å². The van der Waals surface area contributed by atoms with E-state index in [4.69, 9.17) is 9.39 Å². The van der Waals surface area contributed by atoms with E-state index in [2.05, 4.69) is 20.3 Å². The maximum absolute atomic E-state index is 15.7. The maximum Gasteiger partial charge on any atom is 0.621 e. The van der Waals surface area contributed by atoms with Gasteiger partial charge in [0, 0.05) is 25.7 Å². The lowest BCUT2D eigenvalue weighted by molar-refractivity contribution is -0.191. The third-order valence-electron chi connectivity index (χ3n) is 7.94. The maximum atomic E-state index is 15.7. The van der Waals surface area contributed by atoms with Gasteiger partial charge in [-0.15, -0.1) is 0 Å². The minimum atomic E-state index is -5.52. The number of carboxylic acid groups (broad SMARTS) is 1. The van der Waals surface area contributed by atoms with Crippen LogP contribution in [0.1, 0.15) is 40.1 Å². The summed E-state index contributed by atoms with van der Waals surface area (Å²) in [4.78, 5) is 81.6. The summed E-state index contributed by atoms with van der Waals surface area (Å²) in [5.41, 5.74) is -0.416. The highest BCUT2D eigenvalue weighted by atomic mass is 19.4. The molecule has 2 aromatic carbocycles. The molecular formula is C32H28BF4N5O10. The fourth-order valence-electron chi connectivity index (χ4n) is 5.34. The summed E-state index contributed by atoms with van der Waals surface area (Å²) >= 11 is 0. The van der Waals surface area contributed by atoms with E-state index in [0.29, 0.717) is 4.90 Å². The number of carboxylic acids is 1. The first kappa shape index (κ1) is 37.1. The van der Waals surface area contributed by atoms with Crippen molar-refractivity contribution in [2.45, 2.75) is 38.1 Å². The summed E-state index contributed by atoms with van der Waals surface area (Å²) < 4.78 is 70.8. The number of amides is 5. The van der Waals surface area contributed by atoms with Gasteiger partial charge in [0.2, 0.25) is 5.91 Å². The number of ether oxygens (including phenoxy) is 1. The molecule has 0 spiro atoms. The van der Waals surface area contributed by atoms with Gasteiger partial charge >= 0.3 is 43.1 Å². The number of nitrogens with one attached hydrogen (secondary N) is 2. The number of carbonyl (C=O) groups excluding carboxylic acids is 5. The van der Waals surface area contributed by atoms with Gasteiger partial charge in [-0.05, 0) is 30.5 Å². The van der Waals surface area contributed by atoms with Gasteiger partial charge in [0.05, 0.1) is 17.7 Å². The minimum Gasteiger partial charge on any atom is -0.524 e. The second-order valence-corrected chi connectivity index (χ2v) is 11.3. The predicted molar refractivity (Wildman–Crippen MR) is 168 cm³/mol. The lowest BCUT2D eigenvalue weighted by Gasteiger charge is -2.33. The van der Waals surface area contributed by atoms with Gasteiger partial charge in [-0.3, -0.25) is 24.3 Å². The van der Waals surface area contributed by atoms with Gasteiger partial charge in [0.1, 0.15) is 23.8 Å². The lowest BCUT2D eigenvalue weighted by atomic mass is 9.71. The number of piperazine rings is 1. The Balaban J connectivity index is 1.46. The monoisotopic (exact) mass is 729 g/mol. The Morgan fingerprint density at radius 2 is 1.81 bits per heavy atom. The van der Waals surface area contributed by atoms with Crippen molar-refractivity contribution in [3.8, 4) is 11.5 Å². The molecule has 0 bridgehead atoms. The van der Waals surface area contributed by atoms with Gasteiger partial charge in [-0.25, -0.2) is 18.8 Å². The molecule has 52 heavy (non-hydrogen) atoms. The molecule has 0 radical (unpaired) electrons. The molecule has 2 aliphatic heterocycles. The molecule has 1 aromatic heterocycles. The van der Waals surface area contributed by atoms with E-state index in [1.54, 1.807) is 37.3 Å². The number of fused-ring (bicyclic) bond motifs is 1. The normalized spacial score (nSPS) is 16.3. The summed E-state index contributed by atoms with van der Waals surface area (Å²) in [5, 5.41) is 14.0. The van der Waals surface area contributed by atoms with Crippen molar-refractivity contribution in [1.82, 2.24) is 25.4 Å². The van der Waals surface area contributed by atoms with Crippen LogP contribution in [0.4, 0.5) is 22.4 Å². The van der Waals surface area contributed by atoms with Crippen LogP contribution in [0.15, 0.2) is 60.8 Å². The summed E-state index contributed by atoms with van der Waals surface area (Å²) in [6, 6.07) is 9.93. The summed E-state index contributed by atoms with van der Waals surface area (Å²) in [6.45, 7) is 1.44. The van der Waals surface area contributed by atoms with Crippen molar-refractivity contribution in [3.63, 3.8) is 0 Å². The molecule has 5 rings (SSSR count). The number of aromatic nitrogens is 1. The number of carbonyl (C=O) groups is 6. The average molecular weight is 729 g/mol. The van der Waals surface area contributed by atoms with Gasteiger partial charge in [-0.1, -0.05) is 42.5 Å². The Kier molecular flexibility index (Phi) is 10.9. The first-order valence-electron chi connectivity index (χ1n) is 15.5. The van der Waals surface area contributed by atoms with Crippen molar-refractivity contribution in [3.05, 3.63) is 89.0 Å². The molecule has 1 fully saturated rings. The highest BCUT2D eigenvalue weighted by Gasteiger charge is 2.50. The number of halogens is 4. The number of nitrogens with zero attached hydrogens (tertiary/aromatic N) is 3. The van der Waals surface area contributed by atoms with Crippen LogP contribution in [-0.4, -0.2) is 94.5 Å². The number of hydrogen-bond donors (Lipinski definition) is 3. The number of hydrogen-bond acceptors (Lipinski definition) is 10. The van der Waals surface area contributed by atoms with E-state index in [0.717, 1.165) is 23.9 Å². The minimum absolute atomic E-state index is 0.00656. The molecule has 20 heteroatoms. The quantitative estimate of drug-likeness (QED) is 0.157. The topological polar surface area (TPSA) is 194 Å². The second-order valence-electron chi connectivity index (χ2n) is 11.3. The van der Waals surface area contributed by atoms with Crippen LogP contribution >= 0.6 is 0 Å². The zero-order valence-electron chi connectivity index (χ0n) is 27.0. The molecule has 2 aliphatic rings. The van der Waals surface area contributed by atoms with Crippen LogP contribution in [0.25, 0.3) is 0 Å². The summed E-state index contributed by atoms with van der Waals surface area (Å²) in [6.07, 6.45) is -4.96. The Hall–Kier alpha value is -6.21. The van der Waals surface area contributed by atoms with Crippen molar-refractivity contribution in [1.29, 1.82) is 0 Å². The smallest absolute Gasteiger partial charge is 0.524 e. The van der Waals surface area contributed by atoms with Crippen molar-refractivity contribution in [2.75, 3.05) is 19.6 Å². The summed E-state index contributed by atoms with van der Waals surface area (Å²) in [5.74, 6) is -11.2. The zero-order chi connectivity index (χ0) is 37.7. The number of urea groups is 1. The zero-order valence-corrected chi connectivity index (χ0v) is 27.0. The average Bonchev–Trinajstić information content (AvgIpc) is 3.10. The van der Waals surface area contributed by atoms with Crippen LogP contribution in [0, 0.1) is 5.82 Å². The van der Waals surface area contributed by atoms with E-state index in [9.17, 15) is 47.0 Å². The molecular weight excluding hydrogens is 701 g/mol. The molecule has 272 valence electrons. The van der Waals surface area contributed by atoms with Crippen LogP contribution < -0.4 is 20.0 Å². The standard InChI is InChI=1S/C32H28BF4N5O10/c1-2-41-11-12-42(28(45)27(41)44)31(49)40-24(23-21(34)14-19(15-38-23)50-16-17-7-4-3-5-8-17)26(43)39-22-13-18-9-6-10-20(29(46)47)25(18)51-33(22)52-30(48)32(35,36)37/h3-10,14-15,22,24H,2,11-13,16H2,1H3,(H,39,43)(H,40,49)(H,46,47)/t22-,24?/m0/s1. The van der Waals surface area contributed by atoms with Gasteiger partial charge in [0.25, 0.3) is 0 Å². The third kappa shape index (κ3) is 8.22. The molecule has 3 aromatic rings. The van der Waals surface area contributed by atoms with E-state index >= 15 is 4.39 Å². The molecule has 3 heterocycles. The molecule has 0 aliphatic carbocycles. The highest BCUT2D eigenvalue weighted by Crippen LogP contribution is 2.32. The first-order valence-corrected chi connectivity index (χ1v) is 15.5. The fourth-order valence-corrected chi connectivity index (χ4v) is 5.34. The lowest BCUT2D eigenvalue weighted by Crippen LogP contribution is -2.60. The van der Waals surface area contributed by atoms with E-state index in [1.807, 2.05) is 0 Å². The molecule has 5 amide bonds. The molecule has 3 N–H and O–H groups in total. The fraction of sp³-hybridized carbons (Fsp3) is 0.281. The number of rotatable bonds is 10. The molecule has 2 atom stereocenters. The number of aromatic carboxylic acids is 1. The Labute approximate surface area is 292 Å². The van der Waals surface area contributed by atoms with Crippen LogP contribution in [0.2, 0.25) is 0 Å². The predicted octanol–water partition coefficient (Wildman–Crippen LogP) is 2.19. The number of imide groups is 1. The van der Waals surface area contributed by atoms with Crippen LogP contribution in [-0.2, 0) is 36.9 Å². The van der Waals surface area contributed by atoms with E-state index in [-0.39, 0.29) is 37.6 Å². The third-order valence-corrected chi connectivity index (χ3v) is 7.94. The van der Waals surface area contributed by atoms with E-state index in [1.165, 1.54) is 17.0 Å². The first-order chi connectivity index (χ1) is 24.7. The van der Waals surface area contributed by atoms with Gasteiger partial charge in [-0.2, -0.15) is 13.2 Å². The second kappa shape index (κ2) is 15.4. The number of benzene rings is 2. The Morgan fingerprint density at radius 1 is 1.08 bits per heavy atom.